The van der Waals surface area contributed by atoms with Crippen LogP contribution in [0.2, 0.25) is 0 Å². The first-order valence-corrected chi connectivity index (χ1v) is 13.3. The molecular weight excluding hydrogens is 460 g/mol. The number of aliphatic hydroxyl groups excluding tert-OH is 1. The summed E-state index contributed by atoms with van der Waals surface area (Å²) in [6.07, 6.45) is 8.14. The average Bonchev–Trinajstić information content (AvgIpc) is 3.37. The lowest BCUT2D eigenvalue weighted by Gasteiger charge is -2.42. The highest BCUT2D eigenvalue weighted by molar-refractivity contribution is 5.98. The van der Waals surface area contributed by atoms with E-state index >= 15 is 0 Å². The quantitative estimate of drug-likeness (QED) is 0.235. The van der Waals surface area contributed by atoms with Gasteiger partial charge in [-0.2, -0.15) is 0 Å². The minimum absolute atomic E-state index is 0.138. The van der Waals surface area contributed by atoms with Crippen molar-refractivity contribution in [3.63, 3.8) is 0 Å². The Balaban J connectivity index is 1.98. The van der Waals surface area contributed by atoms with Gasteiger partial charge in [0.25, 0.3) is 0 Å². The molecule has 2 bridgehead atoms. The normalized spacial score (nSPS) is 30.9. The fraction of sp³-hybridized carbons (Fsp3) is 0.750. The molecule has 0 aromatic carbocycles. The molecule has 3 heterocycles. The van der Waals surface area contributed by atoms with Crippen molar-refractivity contribution in [2.45, 2.75) is 95.4 Å². The number of ether oxygens (including phenoxy) is 2. The molecule has 0 aromatic heterocycles. The van der Waals surface area contributed by atoms with Gasteiger partial charge in [-0.1, -0.05) is 25.0 Å². The Bertz CT molecular complexity index is 867. The Morgan fingerprint density at radius 3 is 2.50 bits per heavy atom. The van der Waals surface area contributed by atoms with Crippen molar-refractivity contribution in [2.24, 2.45) is 11.8 Å². The second-order valence-electron chi connectivity index (χ2n) is 11.6. The van der Waals surface area contributed by atoms with Crippen LogP contribution in [0.4, 0.5) is 0 Å². The SMILES string of the molecule is C=CCCOC(=O)[C@H]1[C@H]2C(=O)N(CCCCCCO)C(C(=O)N(CC=C)C(C)(C)C)C23CC[C@]1(C)O3. The number of rotatable bonds is 13. The van der Waals surface area contributed by atoms with Crippen LogP contribution in [-0.2, 0) is 23.9 Å². The third-order valence-corrected chi connectivity index (χ3v) is 8.03. The number of esters is 1. The van der Waals surface area contributed by atoms with E-state index in [0.717, 1.165) is 12.8 Å². The number of unbranched alkanes of at least 4 members (excludes halogenated alkanes) is 3. The summed E-state index contributed by atoms with van der Waals surface area (Å²) in [7, 11) is 0. The number of amides is 2. The zero-order valence-corrected chi connectivity index (χ0v) is 22.5. The summed E-state index contributed by atoms with van der Waals surface area (Å²) in [6.45, 7) is 16.4. The third kappa shape index (κ3) is 4.99. The highest BCUT2D eigenvalue weighted by Crippen LogP contribution is 2.63. The lowest BCUT2D eigenvalue weighted by molar-refractivity contribution is -0.161. The molecule has 0 aliphatic carbocycles. The van der Waals surface area contributed by atoms with Crippen LogP contribution in [0.1, 0.15) is 72.6 Å². The lowest BCUT2D eigenvalue weighted by atomic mass is 9.66. The molecule has 3 aliphatic rings. The fourth-order valence-electron chi connectivity index (χ4n) is 6.35. The molecule has 1 spiro atoms. The maximum absolute atomic E-state index is 14.2. The second-order valence-corrected chi connectivity index (χ2v) is 11.6. The fourth-order valence-corrected chi connectivity index (χ4v) is 6.35. The molecule has 5 atom stereocenters. The first kappa shape index (κ1) is 28.4. The Morgan fingerprint density at radius 1 is 1.19 bits per heavy atom. The van der Waals surface area contributed by atoms with Crippen molar-refractivity contribution in [3.8, 4) is 0 Å². The van der Waals surface area contributed by atoms with E-state index in [2.05, 4.69) is 13.2 Å². The summed E-state index contributed by atoms with van der Waals surface area (Å²) < 4.78 is 12.2. The first-order valence-electron chi connectivity index (χ1n) is 13.3. The Hall–Kier alpha value is -2.19. The molecule has 0 radical (unpaired) electrons. The van der Waals surface area contributed by atoms with E-state index in [1.165, 1.54) is 0 Å². The molecule has 2 unspecified atom stereocenters. The largest absolute Gasteiger partial charge is 0.465 e. The molecule has 0 aromatic rings. The van der Waals surface area contributed by atoms with Crippen LogP contribution in [0.25, 0.3) is 0 Å². The van der Waals surface area contributed by atoms with E-state index in [1.807, 2.05) is 27.7 Å². The van der Waals surface area contributed by atoms with Gasteiger partial charge in [-0.15, -0.1) is 13.2 Å². The van der Waals surface area contributed by atoms with E-state index < -0.39 is 40.6 Å². The van der Waals surface area contributed by atoms with Crippen LogP contribution in [0.3, 0.4) is 0 Å². The topological polar surface area (TPSA) is 96.4 Å². The number of fused-ring (bicyclic) bond motifs is 1. The lowest BCUT2D eigenvalue weighted by Crippen LogP contribution is -2.60. The molecule has 8 nitrogen and oxygen atoms in total. The zero-order valence-electron chi connectivity index (χ0n) is 22.5. The van der Waals surface area contributed by atoms with Crippen LogP contribution in [0.15, 0.2) is 25.3 Å². The Labute approximate surface area is 215 Å². The Morgan fingerprint density at radius 2 is 1.89 bits per heavy atom. The van der Waals surface area contributed by atoms with Gasteiger partial charge in [0, 0.05) is 25.2 Å². The van der Waals surface area contributed by atoms with Crippen molar-refractivity contribution in [1.29, 1.82) is 0 Å². The van der Waals surface area contributed by atoms with Crippen LogP contribution in [0.5, 0.6) is 0 Å². The van der Waals surface area contributed by atoms with Gasteiger partial charge in [0.1, 0.15) is 17.6 Å². The van der Waals surface area contributed by atoms with Crippen molar-refractivity contribution in [3.05, 3.63) is 25.3 Å². The summed E-state index contributed by atoms with van der Waals surface area (Å²) in [5.41, 5.74) is -2.39. The highest BCUT2D eigenvalue weighted by atomic mass is 16.6. The first-order chi connectivity index (χ1) is 17.0. The molecule has 3 saturated heterocycles. The van der Waals surface area contributed by atoms with Gasteiger partial charge in [0.2, 0.25) is 11.8 Å². The van der Waals surface area contributed by atoms with Gasteiger partial charge < -0.3 is 24.4 Å². The van der Waals surface area contributed by atoms with Gasteiger partial charge in [-0.05, 0) is 59.8 Å². The smallest absolute Gasteiger partial charge is 0.312 e. The van der Waals surface area contributed by atoms with Gasteiger partial charge >= 0.3 is 5.97 Å². The van der Waals surface area contributed by atoms with Gasteiger partial charge in [0.15, 0.2) is 0 Å². The van der Waals surface area contributed by atoms with E-state index in [4.69, 9.17) is 14.6 Å². The summed E-state index contributed by atoms with van der Waals surface area (Å²) in [5, 5.41) is 9.10. The minimum atomic E-state index is -1.05. The van der Waals surface area contributed by atoms with Crippen molar-refractivity contribution in [2.75, 3.05) is 26.3 Å². The number of nitrogens with zero attached hydrogens (tertiary/aromatic N) is 2. The molecular formula is C28H44N2O6. The molecule has 1 N–H and O–H groups in total. The maximum Gasteiger partial charge on any atom is 0.312 e. The summed E-state index contributed by atoms with van der Waals surface area (Å²) in [4.78, 5) is 44.9. The molecule has 2 amide bonds. The maximum atomic E-state index is 14.2. The number of carbonyl (C=O) groups is 3. The molecule has 3 aliphatic heterocycles. The number of hydrogen-bond acceptors (Lipinski definition) is 6. The van der Waals surface area contributed by atoms with Gasteiger partial charge in [-0.25, -0.2) is 0 Å². The predicted octanol–water partition coefficient (Wildman–Crippen LogP) is 3.24. The molecule has 3 rings (SSSR count). The van der Waals surface area contributed by atoms with Crippen LogP contribution in [-0.4, -0.2) is 81.8 Å². The van der Waals surface area contributed by atoms with E-state index in [9.17, 15) is 14.4 Å². The van der Waals surface area contributed by atoms with E-state index in [0.29, 0.717) is 45.2 Å². The monoisotopic (exact) mass is 504 g/mol. The second kappa shape index (κ2) is 11.1. The standard InChI is InChI=1S/C28H44N2O6/c1-7-9-19-35-25(34)21-20-23(32)29(17-12-10-11-13-18-31)22(28(20)15-14-27(21,6)36-28)24(33)30(16-8-2)26(3,4)5/h7-8,20-22,31H,1-2,9-19H2,3-6H3/t20-,21+,22?,27-,28?/m0/s1. The van der Waals surface area contributed by atoms with Crippen LogP contribution < -0.4 is 0 Å². The molecule has 8 heteroatoms. The molecule has 36 heavy (non-hydrogen) atoms. The minimum Gasteiger partial charge on any atom is -0.465 e. The zero-order chi connectivity index (χ0) is 26.7. The van der Waals surface area contributed by atoms with E-state index in [-0.39, 0.29) is 25.0 Å². The summed E-state index contributed by atoms with van der Waals surface area (Å²) in [6, 6.07) is -0.806. The van der Waals surface area contributed by atoms with Crippen LogP contribution in [0, 0.1) is 11.8 Å². The average molecular weight is 505 g/mol. The predicted molar refractivity (Wildman–Crippen MR) is 137 cm³/mol. The van der Waals surface area contributed by atoms with Crippen LogP contribution >= 0.6 is 0 Å². The number of aliphatic hydroxyl groups is 1. The third-order valence-electron chi connectivity index (χ3n) is 8.03. The van der Waals surface area contributed by atoms with Gasteiger partial charge in [-0.3, -0.25) is 14.4 Å². The highest BCUT2D eigenvalue weighted by Gasteiger charge is 2.78. The van der Waals surface area contributed by atoms with Crippen molar-refractivity contribution in [1.82, 2.24) is 9.80 Å². The van der Waals surface area contributed by atoms with Crippen molar-refractivity contribution < 1.29 is 29.0 Å². The summed E-state index contributed by atoms with van der Waals surface area (Å²) >= 11 is 0. The van der Waals surface area contributed by atoms with Crippen molar-refractivity contribution >= 4 is 17.8 Å². The number of likely N-dealkylation sites (tertiary alicyclic amines) is 1. The summed E-state index contributed by atoms with van der Waals surface area (Å²) in [5.74, 6) is -2.30. The molecule has 0 saturated carbocycles. The van der Waals surface area contributed by atoms with Gasteiger partial charge in [0.05, 0.1) is 18.1 Å². The van der Waals surface area contributed by atoms with E-state index in [1.54, 1.807) is 22.0 Å². The molecule has 3 fully saturated rings. The number of hydrogen-bond donors (Lipinski definition) is 1. The number of carbonyl (C=O) groups excluding carboxylic acids is 3. The Kier molecular flexibility index (Phi) is 8.71. The molecule has 202 valence electrons.